The molecule has 130 valence electrons. The van der Waals surface area contributed by atoms with Crippen LogP contribution in [0.5, 0.6) is 5.88 Å². The Morgan fingerprint density at radius 3 is 2.96 bits per heavy atom. The van der Waals surface area contributed by atoms with Gasteiger partial charge in [0.1, 0.15) is 5.65 Å². The molecule has 8 heteroatoms. The SMILES string of the molecule is COc1cc(C)nc(NC(=O)c2cnc3[nH]cc(-c4ccoc4)c3c2)n1. The number of nitrogens with one attached hydrogen (secondary N) is 2. The Morgan fingerprint density at radius 1 is 1.31 bits per heavy atom. The summed E-state index contributed by atoms with van der Waals surface area (Å²) in [5, 5.41) is 3.50. The lowest BCUT2D eigenvalue weighted by molar-refractivity contribution is 0.102. The Hall–Kier alpha value is -3.68. The van der Waals surface area contributed by atoms with Gasteiger partial charge in [-0.05, 0) is 19.1 Å². The number of rotatable bonds is 4. The molecule has 1 amide bonds. The summed E-state index contributed by atoms with van der Waals surface area (Å²) < 4.78 is 10.2. The van der Waals surface area contributed by atoms with Crippen molar-refractivity contribution < 1.29 is 13.9 Å². The first-order valence-corrected chi connectivity index (χ1v) is 7.85. The molecule has 2 N–H and O–H groups in total. The number of methoxy groups -OCH3 is 1. The zero-order valence-corrected chi connectivity index (χ0v) is 14.1. The maximum Gasteiger partial charge on any atom is 0.259 e. The van der Waals surface area contributed by atoms with E-state index in [1.807, 2.05) is 12.3 Å². The standard InChI is InChI=1S/C18H15N5O3/c1-10-5-15(25-2)22-18(21-10)23-17(24)12-6-13-14(11-3-4-26-9-11)8-20-16(13)19-7-12/h3-9H,1-2H3,(H,19,20)(H,21,22,23,24). The van der Waals surface area contributed by atoms with E-state index in [4.69, 9.17) is 9.15 Å². The van der Waals surface area contributed by atoms with Crippen LogP contribution in [0.4, 0.5) is 5.95 Å². The number of aromatic nitrogens is 4. The smallest absolute Gasteiger partial charge is 0.259 e. The molecule has 0 saturated heterocycles. The van der Waals surface area contributed by atoms with Crippen molar-refractivity contribution in [2.75, 3.05) is 12.4 Å². The molecule has 0 unspecified atom stereocenters. The van der Waals surface area contributed by atoms with Crippen LogP contribution in [0, 0.1) is 6.92 Å². The molecule has 8 nitrogen and oxygen atoms in total. The fraction of sp³-hybridized carbons (Fsp3) is 0.111. The third-order valence-electron chi connectivity index (χ3n) is 3.89. The highest BCUT2D eigenvalue weighted by Crippen LogP contribution is 2.28. The van der Waals surface area contributed by atoms with Gasteiger partial charge in [-0.25, -0.2) is 9.97 Å². The first-order valence-electron chi connectivity index (χ1n) is 7.85. The normalized spacial score (nSPS) is 10.8. The molecule has 4 rings (SSSR count). The number of H-pyrrole nitrogens is 1. The largest absolute Gasteiger partial charge is 0.481 e. The van der Waals surface area contributed by atoms with Crippen molar-refractivity contribution in [3.05, 3.63) is 54.4 Å². The second-order valence-corrected chi connectivity index (χ2v) is 5.66. The summed E-state index contributed by atoms with van der Waals surface area (Å²) in [6, 6.07) is 5.30. The van der Waals surface area contributed by atoms with E-state index in [-0.39, 0.29) is 11.9 Å². The van der Waals surface area contributed by atoms with Gasteiger partial charge in [-0.3, -0.25) is 10.1 Å². The lowest BCUT2D eigenvalue weighted by Crippen LogP contribution is -2.15. The van der Waals surface area contributed by atoms with Crippen molar-refractivity contribution in [3.63, 3.8) is 0 Å². The Balaban J connectivity index is 1.67. The number of carbonyl (C=O) groups excluding carboxylic acids is 1. The number of nitrogens with zero attached hydrogens (tertiary/aromatic N) is 3. The maximum atomic E-state index is 12.6. The highest BCUT2D eigenvalue weighted by molar-refractivity contribution is 6.06. The number of anilines is 1. The Labute approximate surface area is 148 Å². The minimum absolute atomic E-state index is 0.177. The summed E-state index contributed by atoms with van der Waals surface area (Å²) in [4.78, 5) is 28.3. The summed E-state index contributed by atoms with van der Waals surface area (Å²) in [5.41, 5.74) is 3.58. The highest BCUT2D eigenvalue weighted by Gasteiger charge is 2.14. The molecule has 0 radical (unpaired) electrons. The number of ether oxygens (including phenoxy) is 1. The summed E-state index contributed by atoms with van der Waals surface area (Å²) in [7, 11) is 1.51. The zero-order chi connectivity index (χ0) is 18.1. The summed E-state index contributed by atoms with van der Waals surface area (Å²) in [6.45, 7) is 1.80. The molecule has 0 aliphatic heterocycles. The number of pyridine rings is 1. The van der Waals surface area contributed by atoms with Gasteiger partial charge in [0.2, 0.25) is 11.8 Å². The number of amides is 1. The van der Waals surface area contributed by atoms with Gasteiger partial charge in [0, 0.05) is 40.7 Å². The van der Waals surface area contributed by atoms with Gasteiger partial charge in [-0.2, -0.15) is 4.98 Å². The highest BCUT2D eigenvalue weighted by atomic mass is 16.5. The van der Waals surface area contributed by atoms with Gasteiger partial charge in [0.05, 0.1) is 25.2 Å². The minimum Gasteiger partial charge on any atom is -0.481 e. The Bertz CT molecular complexity index is 1090. The van der Waals surface area contributed by atoms with Crippen molar-refractivity contribution in [3.8, 4) is 17.0 Å². The average Bonchev–Trinajstić information content (AvgIpc) is 3.29. The van der Waals surface area contributed by atoms with Gasteiger partial charge >= 0.3 is 0 Å². The number of aromatic amines is 1. The lowest BCUT2D eigenvalue weighted by Gasteiger charge is -2.06. The van der Waals surface area contributed by atoms with Gasteiger partial charge in [-0.15, -0.1) is 0 Å². The van der Waals surface area contributed by atoms with Crippen LogP contribution in [-0.4, -0.2) is 33.0 Å². The summed E-state index contributed by atoms with van der Waals surface area (Å²) in [5.74, 6) is 0.205. The molecule has 4 aromatic heterocycles. The number of hydrogen-bond donors (Lipinski definition) is 2. The van der Waals surface area contributed by atoms with Gasteiger partial charge < -0.3 is 14.1 Å². The second-order valence-electron chi connectivity index (χ2n) is 5.66. The molecule has 0 atom stereocenters. The molecule has 0 spiro atoms. The van der Waals surface area contributed by atoms with Crippen LogP contribution in [0.15, 0.2) is 47.5 Å². The molecular formula is C18H15N5O3. The van der Waals surface area contributed by atoms with Gasteiger partial charge in [-0.1, -0.05) is 0 Å². The number of hydrogen-bond acceptors (Lipinski definition) is 6. The van der Waals surface area contributed by atoms with Gasteiger partial charge in [0.25, 0.3) is 5.91 Å². The Morgan fingerprint density at radius 2 is 2.19 bits per heavy atom. The third-order valence-corrected chi connectivity index (χ3v) is 3.89. The molecule has 26 heavy (non-hydrogen) atoms. The van der Waals surface area contributed by atoms with Crippen LogP contribution in [0.2, 0.25) is 0 Å². The van der Waals surface area contributed by atoms with Crippen LogP contribution < -0.4 is 10.1 Å². The third kappa shape index (κ3) is 2.88. The first kappa shape index (κ1) is 15.8. The monoisotopic (exact) mass is 349 g/mol. The summed E-state index contributed by atoms with van der Waals surface area (Å²) in [6.07, 6.45) is 6.57. The minimum atomic E-state index is -0.355. The lowest BCUT2D eigenvalue weighted by atomic mass is 10.1. The van der Waals surface area contributed by atoms with Crippen LogP contribution in [0.1, 0.15) is 16.1 Å². The van der Waals surface area contributed by atoms with Crippen molar-refractivity contribution in [2.24, 2.45) is 0 Å². The quantitative estimate of drug-likeness (QED) is 0.586. The van der Waals surface area contributed by atoms with E-state index in [2.05, 4.69) is 25.3 Å². The molecule has 0 fully saturated rings. The van der Waals surface area contributed by atoms with Crippen LogP contribution in [0.25, 0.3) is 22.2 Å². The van der Waals surface area contributed by atoms with Crippen LogP contribution in [-0.2, 0) is 0 Å². The summed E-state index contributed by atoms with van der Waals surface area (Å²) >= 11 is 0. The molecule has 0 saturated carbocycles. The number of fused-ring (bicyclic) bond motifs is 1. The van der Waals surface area contributed by atoms with Crippen molar-refractivity contribution in [1.29, 1.82) is 0 Å². The predicted molar refractivity (Wildman–Crippen MR) is 95.1 cm³/mol. The predicted octanol–water partition coefficient (Wildman–Crippen LogP) is 3.18. The fourth-order valence-electron chi connectivity index (χ4n) is 2.66. The van der Waals surface area contributed by atoms with E-state index in [0.29, 0.717) is 22.8 Å². The molecule has 0 aliphatic rings. The van der Waals surface area contributed by atoms with E-state index >= 15 is 0 Å². The van der Waals surface area contributed by atoms with E-state index in [0.717, 1.165) is 16.5 Å². The Kier molecular flexibility index (Phi) is 3.85. The van der Waals surface area contributed by atoms with E-state index < -0.39 is 0 Å². The molecule has 4 heterocycles. The van der Waals surface area contributed by atoms with Crippen LogP contribution in [0.3, 0.4) is 0 Å². The van der Waals surface area contributed by atoms with E-state index in [9.17, 15) is 4.79 Å². The topological polar surface area (TPSA) is 106 Å². The van der Waals surface area contributed by atoms with E-state index in [1.165, 1.54) is 13.3 Å². The molecule has 4 aromatic rings. The number of furan rings is 1. The van der Waals surface area contributed by atoms with Crippen molar-refractivity contribution >= 4 is 22.9 Å². The molecule has 0 aliphatic carbocycles. The second kappa shape index (κ2) is 6.32. The molecular weight excluding hydrogens is 334 g/mol. The average molecular weight is 349 g/mol. The first-order chi connectivity index (χ1) is 12.6. The zero-order valence-electron chi connectivity index (χ0n) is 14.1. The molecule has 0 bridgehead atoms. The maximum absolute atomic E-state index is 12.6. The number of aryl methyl sites for hydroxylation is 1. The van der Waals surface area contributed by atoms with Gasteiger partial charge in [0.15, 0.2) is 0 Å². The van der Waals surface area contributed by atoms with Crippen molar-refractivity contribution in [2.45, 2.75) is 6.92 Å². The molecule has 0 aromatic carbocycles. The van der Waals surface area contributed by atoms with E-state index in [1.54, 1.807) is 31.6 Å². The van der Waals surface area contributed by atoms with Crippen molar-refractivity contribution in [1.82, 2.24) is 19.9 Å². The fourth-order valence-corrected chi connectivity index (χ4v) is 2.66. The number of carbonyl (C=O) groups is 1. The van der Waals surface area contributed by atoms with Crippen LogP contribution >= 0.6 is 0 Å².